The SMILES string of the molecule is CS(=O)(=O)CCn1ccc(Nc2n[nH]c3c(Oc4ccc(S(C)(=O)=O)cc4)cc(-c4ncccc4Cl)cc23)n1.O=C(O)C(F)(F)F. The minimum absolute atomic E-state index is 0.0283. The Balaban J connectivity index is 0.000000617. The predicted molar refractivity (Wildman–Crippen MR) is 163 cm³/mol. The Kier molecular flexibility index (Phi) is 9.93. The lowest BCUT2D eigenvalue weighted by Gasteiger charge is -2.11. The quantitative estimate of drug-likeness (QED) is 0.186. The van der Waals surface area contributed by atoms with Gasteiger partial charge in [0.2, 0.25) is 0 Å². The van der Waals surface area contributed by atoms with Crippen LogP contribution in [0.15, 0.2) is 71.9 Å². The van der Waals surface area contributed by atoms with Gasteiger partial charge in [0, 0.05) is 41.9 Å². The zero-order valence-corrected chi connectivity index (χ0v) is 26.2. The van der Waals surface area contributed by atoms with Crippen LogP contribution in [-0.4, -0.2) is 77.3 Å². The largest absolute Gasteiger partial charge is 0.490 e. The molecule has 46 heavy (non-hydrogen) atoms. The summed E-state index contributed by atoms with van der Waals surface area (Å²) in [6.07, 6.45) is 0.542. The Labute approximate surface area is 264 Å². The molecule has 13 nitrogen and oxygen atoms in total. The second kappa shape index (κ2) is 13.4. The number of carboxylic acids is 1. The first-order valence-corrected chi connectivity index (χ1v) is 17.1. The summed E-state index contributed by atoms with van der Waals surface area (Å²) in [7, 11) is -6.48. The summed E-state index contributed by atoms with van der Waals surface area (Å²) in [5.41, 5.74) is 1.77. The molecule has 0 aliphatic heterocycles. The topological polar surface area (TPSA) is 186 Å². The van der Waals surface area contributed by atoms with E-state index in [9.17, 15) is 30.0 Å². The van der Waals surface area contributed by atoms with Crippen molar-refractivity contribution in [3.8, 4) is 22.8 Å². The minimum atomic E-state index is -5.08. The highest BCUT2D eigenvalue weighted by molar-refractivity contribution is 7.91. The minimum Gasteiger partial charge on any atom is -0.475 e. The molecule has 19 heteroatoms. The van der Waals surface area contributed by atoms with Crippen molar-refractivity contribution in [1.82, 2.24) is 25.0 Å². The molecule has 3 aromatic heterocycles. The van der Waals surface area contributed by atoms with Crippen LogP contribution in [0.4, 0.5) is 24.8 Å². The number of aromatic amines is 1. The Bertz CT molecular complexity index is 2100. The number of pyridine rings is 1. The second-order valence-electron chi connectivity index (χ2n) is 9.67. The van der Waals surface area contributed by atoms with Gasteiger partial charge in [-0.2, -0.15) is 23.4 Å². The highest BCUT2D eigenvalue weighted by Gasteiger charge is 2.38. The summed E-state index contributed by atoms with van der Waals surface area (Å²) in [5.74, 6) is -1.04. The molecule has 0 radical (unpaired) electrons. The first kappa shape index (κ1) is 34.2. The highest BCUT2D eigenvalue weighted by atomic mass is 35.5. The number of anilines is 2. The fourth-order valence-electron chi connectivity index (χ4n) is 3.82. The van der Waals surface area contributed by atoms with Gasteiger partial charge in [-0.1, -0.05) is 11.6 Å². The number of hydrogen-bond donors (Lipinski definition) is 3. The molecular formula is C27H24ClF3N6O7S2. The average molecular weight is 701 g/mol. The van der Waals surface area contributed by atoms with Gasteiger partial charge < -0.3 is 15.2 Å². The summed E-state index contributed by atoms with van der Waals surface area (Å²) in [5, 5.41) is 23.1. The number of H-pyrrole nitrogens is 1. The summed E-state index contributed by atoms with van der Waals surface area (Å²) in [6.45, 7) is 0.222. The molecule has 0 amide bonds. The van der Waals surface area contributed by atoms with Gasteiger partial charge in [0.15, 0.2) is 27.2 Å². The fraction of sp³-hybridized carbons (Fsp3) is 0.185. The van der Waals surface area contributed by atoms with Crippen LogP contribution < -0.4 is 10.1 Å². The van der Waals surface area contributed by atoms with E-state index in [-0.39, 0.29) is 17.2 Å². The van der Waals surface area contributed by atoms with E-state index in [2.05, 4.69) is 25.6 Å². The Hall–Kier alpha value is -4.68. The van der Waals surface area contributed by atoms with Crippen molar-refractivity contribution in [3.05, 3.63) is 72.0 Å². The number of aliphatic carboxylic acids is 1. The summed E-state index contributed by atoms with van der Waals surface area (Å²) >= 11 is 6.44. The van der Waals surface area contributed by atoms with Crippen molar-refractivity contribution in [2.45, 2.75) is 17.6 Å². The van der Waals surface area contributed by atoms with Crippen LogP contribution in [0.5, 0.6) is 11.5 Å². The molecule has 5 rings (SSSR count). The van der Waals surface area contributed by atoms with Crippen LogP contribution in [0.3, 0.4) is 0 Å². The van der Waals surface area contributed by atoms with Crippen molar-refractivity contribution < 1.29 is 44.6 Å². The lowest BCUT2D eigenvalue weighted by atomic mass is 10.1. The molecule has 5 aromatic rings. The summed E-state index contributed by atoms with van der Waals surface area (Å²) < 4.78 is 86.1. The monoisotopic (exact) mass is 700 g/mol. The van der Waals surface area contributed by atoms with E-state index in [4.69, 9.17) is 26.2 Å². The summed E-state index contributed by atoms with van der Waals surface area (Å²) in [4.78, 5) is 13.5. The van der Waals surface area contributed by atoms with Gasteiger partial charge in [0.05, 0.1) is 27.9 Å². The van der Waals surface area contributed by atoms with Gasteiger partial charge in [-0.3, -0.25) is 14.8 Å². The first-order valence-electron chi connectivity index (χ1n) is 12.8. The second-order valence-corrected chi connectivity index (χ2v) is 14.4. The lowest BCUT2D eigenvalue weighted by molar-refractivity contribution is -0.192. The third kappa shape index (κ3) is 8.95. The predicted octanol–water partition coefficient (Wildman–Crippen LogP) is 5.09. The zero-order chi connectivity index (χ0) is 33.9. The Morgan fingerprint density at radius 1 is 1.09 bits per heavy atom. The molecule has 0 unspecified atom stereocenters. The molecule has 0 fully saturated rings. The standard InChI is InChI=1S/C25H23ClN6O5S2.C2HF3O2/c1-38(33,34)13-12-32-11-9-22(31-32)28-25-19-14-16(23-20(26)4-3-10-27-23)15-21(24(19)29-30-25)37-17-5-7-18(8-6-17)39(2,35)36;3-2(4,5)1(6)7/h3-11,14-15H,12-13H2,1-2H3,(H2,28,29,30,31);(H,6,7). The van der Waals surface area contributed by atoms with Crippen LogP contribution in [0.25, 0.3) is 22.2 Å². The molecule has 0 saturated carbocycles. The van der Waals surface area contributed by atoms with Crippen molar-refractivity contribution in [2.24, 2.45) is 0 Å². The van der Waals surface area contributed by atoms with Gasteiger partial charge in [0.1, 0.15) is 21.1 Å². The number of carboxylic acid groups (broad SMARTS) is 1. The van der Waals surface area contributed by atoms with Crippen LogP contribution in [0, 0.1) is 0 Å². The smallest absolute Gasteiger partial charge is 0.475 e. The third-order valence-corrected chi connectivity index (χ3v) is 8.33. The van der Waals surface area contributed by atoms with E-state index < -0.39 is 31.8 Å². The molecule has 0 aliphatic rings. The number of hydrogen-bond acceptors (Lipinski definition) is 10. The molecule has 0 atom stereocenters. The van der Waals surface area contributed by atoms with E-state index in [1.54, 1.807) is 48.8 Å². The van der Waals surface area contributed by atoms with Crippen LogP contribution in [-0.2, 0) is 31.0 Å². The fourth-order valence-corrected chi connectivity index (χ4v) is 5.20. The number of fused-ring (bicyclic) bond motifs is 1. The maximum atomic E-state index is 11.8. The molecule has 0 bridgehead atoms. The van der Waals surface area contributed by atoms with Gasteiger partial charge >= 0.3 is 12.1 Å². The van der Waals surface area contributed by atoms with Gasteiger partial charge in [0.25, 0.3) is 0 Å². The third-order valence-electron chi connectivity index (χ3n) is 5.97. The average Bonchev–Trinajstić information content (AvgIpc) is 3.59. The van der Waals surface area contributed by atoms with Crippen LogP contribution in [0.2, 0.25) is 5.02 Å². The number of benzene rings is 2. The van der Waals surface area contributed by atoms with E-state index >= 15 is 0 Å². The number of sulfone groups is 2. The molecular weight excluding hydrogens is 677 g/mol. The first-order chi connectivity index (χ1) is 21.4. The Morgan fingerprint density at radius 3 is 2.35 bits per heavy atom. The van der Waals surface area contributed by atoms with Crippen molar-refractivity contribution >= 4 is 59.8 Å². The highest BCUT2D eigenvalue weighted by Crippen LogP contribution is 2.38. The maximum absolute atomic E-state index is 11.8. The number of aromatic nitrogens is 5. The molecule has 0 saturated heterocycles. The van der Waals surface area contributed by atoms with Crippen molar-refractivity contribution in [3.63, 3.8) is 0 Å². The van der Waals surface area contributed by atoms with E-state index in [1.165, 1.54) is 23.1 Å². The number of alkyl halides is 3. The van der Waals surface area contributed by atoms with Gasteiger partial charge in [-0.15, -0.1) is 0 Å². The van der Waals surface area contributed by atoms with Gasteiger partial charge in [-0.25, -0.2) is 21.6 Å². The Morgan fingerprint density at radius 2 is 1.76 bits per heavy atom. The van der Waals surface area contributed by atoms with Gasteiger partial charge in [-0.05, 0) is 48.5 Å². The van der Waals surface area contributed by atoms with E-state index in [0.717, 1.165) is 6.26 Å². The molecule has 3 heterocycles. The number of aryl methyl sites for hydroxylation is 1. The van der Waals surface area contributed by atoms with E-state index in [0.29, 0.717) is 50.3 Å². The lowest BCUT2D eigenvalue weighted by Crippen LogP contribution is -2.21. The number of carbonyl (C=O) groups is 1. The van der Waals surface area contributed by atoms with Crippen molar-refractivity contribution in [2.75, 3.05) is 23.6 Å². The molecule has 3 N–H and O–H groups in total. The number of nitrogens with zero attached hydrogens (tertiary/aromatic N) is 4. The number of rotatable bonds is 9. The molecule has 0 aliphatic carbocycles. The van der Waals surface area contributed by atoms with Crippen molar-refractivity contribution in [1.29, 1.82) is 0 Å². The number of halogens is 4. The molecule has 0 spiro atoms. The van der Waals surface area contributed by atoms with Crippen LogP contribution >= 0.6 is 11.6 Å². The number of nitrogens with one attached hydrogen (secondary N) is 2. The normalized spacial score (nSPS) is 12.0. The summed E-state index contributed by atoms with van der Waals surface area (Å²) in [6, 6.07) is 14.9. The molecule has 2 aromatic carbocycles. The number of ether oxygens (including phenoxy) is 1. The molecule has 244 valence electrons. The zero-order valence-electron chi connectivity index (χ0n) is 23.8. The van der Waals surface area contributed by atoms with Crippen LogP contribution in [0.1, 0.15) is 0 Å². The maximum Gasteiger partial charge on any atom is 0.490 e. The van der Waals surface area contributed by atoms with E-state index in [1.807, 2.05) is 6.07 Å².